The fraction of sp³-hybridized carbons (Fsp3) is 0. The van der Waals surface area contributed by atoms with Crippen molar-refractivity contribution in [2.45, 2.75) is 0 Å². The predicted octanol–water partition coefficient (Wildman–Crippen LogP) is 2.38. The number of nitrogens with one attached hydrogen (secondary N) is 1. The Labute approximate surface area is 73.7 Å². The highest BCUT2D eigenvalue weighted by molar-refractivity contribution is 6.39. The van der Waals surface area contributed by atoms with Crippen molar-refractivity contribution in [2.24, 2.45) is 0 Å². The molecule has 0 atom stereocenters. The van der Waals surface area contributed by atoms with Crippen molar-refractivity contribution in [3.63, 3.8) is 0 Å². The zero-order valence-corrected chi connectivity index (χ0v) is 6.95. The van der Waals surface area contributed by atoms with Gasteiger partial charge < -0.3 is 5.73 Å². The summed E-state index contributed by atoms with van der Waals surface area (Å²) < 4.78 is 0. The smallest absolute Gasteiger partial charge is 0.0694 e. The fourth-order valence-corrected chi connectivity index (χ4v) is 1.14. The molecular formula is C6H6Cl2N2O. The highest BCUT2D eigenvalue weighted by Crippen LogP contribution is 2.30. The molecule has 0 aliphatic carbocycles. The molecule has 1 rings (SSSR count). The van der Waals surface area contributed by atoms with E-state index in [0.717, 1.165) is 0 Å². The van der Waals surface area contributed by atoms with Crippen LogP contribution in [0.1, 0.15) is 0 Å². The summed E-state index contributed by atoms with van der Waals surface area (Å²) in [6.45, 7) is 0. The maximum atomic E-state index is 8.47. The lowest BCUT2D eigenvalue weighted by Crippen LogP contribution is -1.92. The summed E-state index contributed by atoms with van der Waals surface area (Å²) in [6.07, 6.45) is 0. The van der Waals surface area contributed by atoms with E-state index < -0.39 is 0 Å². The van der Waals surface area contributed by atoms with Crippen molar-refractivity contribution in [3.05, 3.63) is 22.2 Å². The second kappa shape index (κ2) is 3.17. The molecule has 0 bridgehead atoms. The van der Waals surface area contributed by atoms with Crippen LogP contribution in [0.4, 0.5) is 11.4 Å². The van der Waals surface area contributed by atoms with Crippen molar-refractivity contribution >= 4 is 34.6 Å². The number of nitrogen functional groups attached to an aromatic ring is 1. The first kappa shape index (κ1) is 8.46. The molecule has 0 spiro atoms. The lowest BCUT2D eigenvalue weighted by molar-refractivity contribution is 0.389. The van der Waals surface area contributed by atoms with Gasteiger partial charge in [0.15, 0.2) is 0 Å². The van der Waals surface area contributed by atoms with Gasteiger partial charge in [-0.3, -0.25) is 10.7 Å². The molecule has 0 heterocycles. The molecular weight excluding hydrogens is 187 g/mol. The van der Waals surface area contributed by atoms with E-state index in [2.05, 4.69) is 0 Å². The monoisotopic (exact) mass is 192 g/mol. The zero-order valence-electron chi connectivity index (χ0n) is 5.44. The standard InChI is InChI=1S/C6H6Cl2N2O/c7-4-1-3(10-11)2-5(8)6(4)9/h1-2,10-11H,9H2. The highest BCUT2D eigenvalue weighted by atomic mass is 35.5. The van der Waals surface area contributed by atoms with Crippen LogP contribution in [-0.2, 0) is 0 Å². The Morgan fingerprint density at radius 3 is 2.09 bits per heavy atom. The number of anilines is 2. The molecule has 0 unspecified atom stereocenters. The van der Waals surface area contributed by atoms with E-state index in [1.54, 1.807) is 0 Å². The van der Waals surface area contributed by atoms with Crippen molar-refractivity contribution in [1.29, 1.82) is 0 Å². The second-order valence-electron chi connectivity index (χ2n) is 1.97. The maximum absolute atomic E-state index is 8.47. The maximum Gasteiger partial charge on any atom is 0.0694 e. The Balaban J connectivity index is 3.21. The van der Waals surface area contributed by atoms with Crippen molar-refractivity contribution < 1.29 is 5.21 Å². The minimum absolute atomic E-state index is 0.312. The molecule has 0 aromatic heterocycles. The van der Waals surface area contributed by atoms with E-state index in [0.29, 0.717) is 21.4 Å². The molecule has 4 N–H and O–H groups in total. The van der Waals surface area contributed by atoms with Gasteiger partial charge in [0.2, 0.25) is 0 Å². The van der Waals surface area contributed by atoms with Gasteiger partial charge in [0.25, 0.3) is 0 Å². The van der Waals surface area contributed by atoms with E-state index >= 15 is 0 Å². The number of rotatable bonds is 1. The largest absolute Gasteiger partial charge is 0.396 e. The number of benzene rings is 1. The minimum Gasteiger partial charge on any atom is -0.396 e. The van der Waals surface area contributed by atoms with Gasteiger partial charge in [-0.2, -0.15) is 0 Å². The summed E-state index contributed by atoms with van der Waals surface area (Å²) in [5.74, 6) is 0. The zero-order chi connectivity index (χ0) is 8.43. The summed E-state index contributed by atoms with van der Waals surface area (Å²) in [7, 11) is 0. The summed E-state index contributed by atoms with van der Waals surface area (Å²) in [5.41, 5.74) is 8.07. The third-order valence-corrected chi connectivity index (χ3v) is 1.83. The van der Waals surface area contributed by atoms with Gasteiger partial charge in [0.1, 0.15) is 0 Å². The minimum atomic E-state index is 0.312. The molecule has 0 aliphatic heterocycles. The number of hydrogen-bond acceptors (Lipinski definition) is 3. The molecule has 0 saturated carbocycles. The van der Waals surface area contributed by atoms with Gasteiger partial charge in [-0.25, -0.2) is 0 Å². The molecule has 11 heavy (non-hydrogen) atoms. The van der Waals surface area contributed by atoms with Crippen LogP contribution in [0.15, 0.2) is 12.1 Å². The lowest BCUT2D eigenvalue weighted by Gasteiger charge is -2.03. The SMILES string of the molecule is Nc1c(Cl)cc(NO)cc1Cl. The van der Waals surface area contributed by atoms with E-state index in [9.17, 15) is 0 Å². The molecule has 1 aromatic rings. The average molecular weight is 193 g/mol. The van der Waals surface area contributed by atoms with E-state index in [4.69, 9.17) is 34.1 Å². The van der Waals surface area contributed by atoms with Crippen molar-refractivity contribution in [3.8, 4) is 0 Å². The molecule has 0 radical (unpaired) electrons. The van der Waals surface area contributed by atoms with Gasteiger partial charge in [-0.1, -0.05) is 23.2 Å². The van der Waals surface area contributed by atoms with Gasteiger partial charge in [-0.05, 0) is 12.1 Å². The van der Waals surface area contributed by atoms with Crippen LogP contribution in [0.25, 0.3) is 0 Å². The predicted molar refractivity (Wildman–Crippen MR) is 46.3 cm³/mol. The third kappa shape index (κ3) is 1.68. The molecule has 1 aromatic carbocycles. The Hall–Kier alpha value is -0.640. The fourth-order valence-electron chi connectivity index (χ4n) is 0.649. The van der Waals surface area contributed by atoms with Crippen LogP contribution < -0.4 is 11.2 Å². The van der Waals surface area contributed by atoms with Crippen molar-refractivity contribution in [1.82, 2.24) is 0 Å². The quantitative estimate of drug-likeness (QED) is 0.474. The number of halogens is 2. The van der Waals surface area contributed by atoms with Crippen LogP contribution in [-0.4, -0.2) is 5.21 Å². The van der Waals surface area contributed by atoms with Gasteiger partial charge in [0, 0.05) is 0 Å². The molecule has 0 fully saturated rings. The van der Waals surface area contributed by atoms with Crippen LogP contribution in [0.5, 0.6) is 0 Å². The Morgan fingerprint density at radius 1 is 1.27 bits per heavy atom. The molecule has 3 nitrogen and oxygen atoms in total. The molecule has 0 amide bonds. The van der Waals surface area contributed by atoms with Crippen LogP contribution >= 0.6 is 23.2 Å². The average Bonchev–Trinajstić information content (AvgIpc) is 1.99. The summed E-state index contributed by atoms with van der Waals surface area (Å²) >= 11 is 11.3. The van der Waals surface area contributed by atoms with Crippen LogP contribution in [0.2, 0.25) is 10.0 Å². The second-order valence-corrected chi connectivity index (χ2v) is 2.78. The summed E-state index contributed by atoms with van der Waals surface area (Å²) in [5, 5.41) is 9.10. The van der Waals surface area contributed by atoms with Gasteiger partial charge in [-0.15, -0.1) is 0 Å². The van der Waals surface area contributed by atoms with Gasteiger partial charge >= 0.3 is 0 Å². The molecule has 0 saturated heterocycles. The van der Waals surface area contributed by atoms with Gasteiger partial charge in [0.05, 0.1) is 21.4 Å². The molecule has 5 heteroatoms. The van der Waals surface area contributed by atoms with Crippen LogP contribution in [0, 0.1) is 0 Å². The molecule has 0 aliphatic rings. The topological polar surface area (TPSA) is 58.3 Å². The van der Waals surface area contributed by atoms with Crippen molar-refractivity contribution in [2.75, 3.05) is 11.2 Å². The Bertz CT molecular complexity index is 254. The first-order valence-corrected chi connectivity index (χ1v) is 3.55. The lowest BCUT2D eigenvalue weighted by atomic mass is 10.3. The summed E-state index contributed by atoms with van der Waals surface area (Å²) in [4.78, 5) is 0. The Kier molecular flexibility index (Phi) is 2.44. The first-order chi connectivity index (χ1) is 5.15. The van der Waals surface area contributed by atoms with Crippen LogP contribution in [0.3, 0.4) is 0 Å². The first-order valence-electron chi connectivity index (χ1n) is 2.79. The number of nitrogens with two attached hydrogens (primary N) is 1. The highest BCUT2D eigenvalue weighted by Gasteiger charge is 2.03. The third-order valence-electron chi connectivity index (χ3n) is 1.21. The normalized spacial score (nSPS) is 9.73. The van der Waals surface area contributed by atoms with E-state index in [1.807, 2.05) is 5.48 Å². The Morgan fingerprint density at radius 2 is 1.73 bits per heavy atom. The molecule has 60 valence electrons. The van der Waals surface area contributed by atoms with E-state index in [1.165, 1.54) is 12.1 Å². The number of hydrogen-bond donors (Lipinski definition) is 3. The summed E-state index contributed by atoms with van der Waals surface area (Å²) in [6, 6.07) is 2.95. The van der Waals surface area contributed by atoms with E-state index in [-0.39, 0.29) is 0 Å².